The summed E-state index contributed by atoms with van der Waals surface area (Å²) in [5.74, 6) is 0.167. The number of hydrogen-bond acceptors (Lipinski definition) is 11. The van der Waals surface area contributed by atoms with Gasteiger partial charge in [-0.05, 0) is 27.7 Å². The predicted octanol–water partition coefficient (Wildman–Crippen LogP) is -9.24. The van der Waals surface area contributed by atoms with Crippen molar-refractivity contribution in [3.8, 4) is 0 Å². The van der Waals surface area contributed by atoms with Gasteiger partial charge in [0.05, 0.1) is 13.3 Å². The van der Waals surface area contributed by atoms with Crippen molar-refractivity contribution in [2.45, 2.75) is 51.1 Å². The van der Waals surface area contributed by atoms with Crippen LogP contribution in [-0.4, -0.2) is 115 Å². The Morgan fingerprint density at radius 1 is 0.705 bits per heavy atom. The maximum atomic E-state index is 11.4. The normalized spacial score (nSPS) is 13.7. The zero-order valence-electron chi connectivity index (χ0n) is 25.0. The van der Waals surface area contributed by atoms with Crippen molar-refractivity contribution in [2.24, 2.45) is 0 Å². The van der Waals surface area contributed by atoms with Crippen LogP contribution in [0.2, 0.25) is 0 Å². The molecule has 0 atom stereocenters. The summed E-state index contributed by atoms with van der Waals surface area (Å²) >= 11 is 0. The minimum absolute atomic E-state index is 0. The molecule has 0 amide bonds. The first kappa shape index (κ1) is 60.8. The van der Waals surface area contributed by atoms with Crippen LogP contribution in [-0.2, 0) is 25.0 Å². The van der Waals surface area contributed by atoms with E-state index < -0.39 is 43.6 Å². The number of rotatable bonds is 6. The quantitative estimate of drug-likeness (QED) is 0.144. The molecule has 0 aromatic carbocycles. The van der Waals surface area contributed by atoms with Gasteiger partial charge in [-0.25, -0.2) is 34.4 Å². The van der Waals surface area contributed by atoms with E-state index in [9.17, 15) is 65.9 Å². The Morgan fingerprint density at radius 3 is 0.955 bits per heavy atom. The van der Waals surface area contributed by atoms with Crippen molar-refractivity contribution in [1.29, 1.82) is 0 Å². The van der Waals surface area contributed by atoms with E-state index in [0.717, 1.165) is 26.4 Å². The largest absolute Gasteiger partial charge is 1.00 e. The van der Waals surface area contributed by atoms with E-state index in [0.29, 0.717) is 0 Å². The molecule has 0 fully saturated rings. The van der Waals surface area contributed by atoms with Gasteiger partial charge in [0.2, 0.25) is 0 Å². The Bertz CT molecular complexity index is 959. The van der Waals surface area contributed by atoms with Crippen LogP contribution in [0.5, 0.6) is 0 Å². The molecule has 2 aliphatic heterocycles. The van der Waals surface area contributed by atoms with Gasteiger partial charge >= 0.3 is 126 Å². The molecule has 2 heterocycles. The molecule has 0 spiro atoms. The van der Waals surface area contributed by atoms with E-state index >= 15 is 0 Å². The van der Waals surface area contributed by atoms with Crippen molar-refractivity contribution in [3.05, 3.63) is 24.8 Å². The molecule has 0 saturated heterocycles. The van der Waals surface area contributed by atoms with Crippen molar-refractivity contribution in [2.75, 3.05) is 40.5 Å². The monoisotopic (exact) mass is 792 g/mol. The second kappa shape index (κ2) is 28.3. The zero-order valence-corrected chi connectivity index (χ0v) is 34.4. The number of Topliss-reactive ketones (excluding diaryl/α,β-unsaturated/α-hetero) is 1. The van der Waals surface area contributed by atoms with Crippen LogP contribution in [0.3, 0.4) is 0 Å². The molecule has 0 aromatic heterocycles. The van der Waals surface area contributed by atoms with Crippen molar-refractivity contribution < 1.29 is 193 Å². The third-order valence-electron chi connectivity index (χ3n) is 3.86. The molecule has 0 aromatic rings. The fraction of sp³-hybridized carbons (Fsp3) is 0.737. The van der Waals surface area contributed by atoms with Crippen molar-refractivity contribution >= 4 is 26.0 Å². The third kappa shape index (κ3) is 27.4. The van der Waals surface area contributed by atoms with Crippen LogP contribution in [0.4, 0.5) is 35.1 Å². The average Bonchev–Trinajstić information content (AvgIpc) is 3.40. The van der Waals surface area contributed by atoms with Gasteiger partial charge in [0.25, 0.3) is 0 Å². The van der Waals surface area contributed by atoms with Gasteiger partial charge in [0, 0.05) is 52.0 Å². The van der Waals surface area contributed by atoms with Crippen molar-refractivity contribution in [1.82, 2.24) is 19.6 Å². The maximum Gasteiger partial charge on any atom is 1.00 e. The first-order chi connectivity index (χ1) is 17.8. The molecular weight excluding hydrogens is 761 g/mol. The van der Waals surface area contributed by atoms with E-state index in [2.05, 4.69) is 72.3 Å². The Labute approximate surface area is 350 Å². The first-order valence-electron chi connectivity index (χ1n) is 10.7. The van der Waals surface area contributed by atoms with Crippen LogP contribution in [0.15, 0.2) is 24.8 Å². The third-order valence-corrected chi connectivity index (χ3v) is 5.55. The standard InChI is InChI=1S/2C6H12N2.C3H6O.2C2H2F4O3S.2ClH.2K/c2*1-3-8-5-4-7(2)6-8;1-3(2)4;2*3-1(4)2(5,6)10(7,8)9;;;;/h2*4-5H,3,6H2,1-2H3;1-2H3;2*1H,(H,7,8,9);2*1H;;/q;;;;;;;2*+1/p-4. The van der Waals surface area contributed by atoms with Gasteiger partial charge in [-0.1, -0.05) is 0 Å². The van der Waals surface area contributed by atoms with Crippen LogP contribution >= 0.6 is 0 Å². The molecule has 0 radical (unpaired) electrons. The summed E-state index contributed by atoms with van der Waals surface area (Å²) in [7, 11) is -8.32. The molecular formula is C19H32Cl2F8K2N4O7S2-2. The maximum absolute atomic E-state index is 11.4. The minimum Gasteiger partial charge on any atom is -1.00 e. The van der Waals surface area contributed by atoms with E-state index in [1.54, 1.807) is 0 Å². The Hall–Kier alpha value is 1.46. The van der Waals surface area contributed by atoms with E-state index in [4.69, 9.17) is 0 Å². The van der Waals surface area contributed by atoms with Crippen molar-refractivity contribution in [3.63, 3.8) is 0 Å². The number of ketones is 1. The second-order valence-corrected chi connectivity index (χ2v) is 10.6. The van der Waals surface area contributed by atoms with E-state index in [-0.39, 0.29) is 133 Å². The Kier molecular flexibility index (Phi) is 39.1. The van der Waals surface area contributed by atoms with Gasteiger partial charge in [-0.2, -0.15) is 17.6 Å². The molecule has 0 N–H and O–H groups in total. The molecule has 25 heteroatoms. The summed E-state index contributed by atoms with van der Waals surface area (Å²) < 4.78 is 145. The number of carbonyl (C=O) groups is 1. The fourth-order valence-electron chi connectivity index (χ4n) is 1.81. The number of hydrogen-bond donors (Lipinski definition) is 0. The fourth-order valence-corrected chi connectivity index (χ4v) is 2.24. The summed E-state index contributed by atoms with van der Waals surface area (Å²) in [6.45, 7) is 11.7. The minimum atomic E-state index is -6.23. The van der Waals surface area contributed by atoms with Gasteiger partial charge < -0.3 is 58.3 Å². The summed E-state index contributed by atoms with van der Waals surface area (Å²) in [5, 5.41) is -11.0. The van der Waals surface area contributed by atoms with E-state index in [1.165, 1.54) is 13.8 Å². The molecule has 11 nitrogen and oxygen atoms in total. The van der Waals surface area contributed by atoms with Gasteiger partial charge in [-0.15, -0.1) is 0 Å². The molecule has 0 bridgehead atoms. The summed E-state index contributed by atoms with van der Waals surface area (Å²) in [6.07, 6.45) is -0.558. The molecule has 256 valence electrons. The molecule has 0 unspecified atom stereocenters. The smallest absolute Gasteiger partial charge is 1.00 e. The van der Waals surface area contributed by atoms with Gasteiger partial charge in [0.1, 0.15) is 5.78 Å². The number of nitrogens with zero attached hydrogens (tertiary/aromatic N) is 4. The number of carbonyl (C=O) groups excluding carboxylic acids is 1. The Morgan fingerprint density at radius 2 is 0.909 bits per heavy atom. The van der Waals surface area contributed by atoms with Gasteiger partial charge in [0.15, 0.2) is 20.2 Å². The van der Waals surface area contributed by atoms with Crippen LogP contribution in [0.1, 0.15) is 27.7 Å². The molecule has 0 saturated carbocycles. The molecule has 2 rings (SSSR count). The van der Waals surface area contributed by atoms with Gasteiger partial charge in [-0.3, -0.25) is 0 Å². The van der Waals surface area contributed by atoms with Crippen LogP contribution in [0, 0.1) is 0 Å². The molecule has 44 heavy (non-hydrogen) atoms. The summed E-state index contributed by atoms with van der Waals surface area (Å²) in [6, 6.07) is 0. The zero-order chi connectivity index (χ0) is 32.7. The number of halogens is 10. The SMILES string of the molecule is CC(C)=O.CCN1C=CN(C)C1.CCN1C=CN(C)C1.O=S(=O)([O-])C(F)(F)C(F)F.O=S(=O)([O-])C(F)(F)C(F)F.[Cl-].[Cl-].[K+].[K+]. The second-order valence-electron chi connectivity index (χ2n) is 7.74. The van der Waals surface area contributed by atoms with Crippen LogP contribution < -0.4 is 128 Å². The Balaban J connectivity index is -0.0000000776. The summed E-state index contributed by atoms with van der Waals surface area (Å²) in [4.78, 5) is 18.3. The van der Waals surface area contributed by atoms with E-state index in [1.807, 2.05) is 0 Å². The first-order valence-corrected chi connectivity index (χ1v) is 13.5. The molecule has 2 aliphatic rings. The molecule has 0 aliphatic carbocycles. The predicted molar refractivity (Wildman–Crippen MR) is 126 cm³/mol. The number of alkyl halides is 8. The summed E-state index contributed by atoms with van der Waals surface area (Å²) in [5.41, 5.74) is 0. The topological polar surface area (TPSA) is 144 Å². The average molecular weight is 794 g/mol. The van der Waals surface area contributed by atoms with Crippen LogP contribution in [0.25, 0.3) is 0 Å².